The summed E-state index contributed by atoms with van der Waals surface area (Å²) in [5.74, 6) is 0. The third kappa shape index (κ3) is 1.10. The molecule has 1 radical (unpaired) electrons. The summed E-state index contributed by atoms with van der Waals surface area (Å²) in [6, 6.07) is 0.683. The maximum absolute atomic E-state index is 2.56. The molecule has 2 aliphatic heterocycles. The third-order valence-electron chi connectivity index (χ3n) is 2.40. The van der Waals surface area contributed by atoms with Crippen LogP contribution in [0.2, 0.25) is 0 Å². The van der Waals surface area contributed by atoms with E-state index in [1.54, 1.807) is 0 Å². The fourth-order valence-corrected chi connectivity index (χ4v) is 1.82. The molecule has 2 aliphatic rings. The molecule has 0 bridgehead atoms. The summed E-state index contributed by atoms with van der Waals surface area (Å²) in [6.45, 7) is 2.59. The van der Waals surface area contributed by atoms with Crippen molar-refractivity contribution < 1.29 is 0 Å². The predicted octanol–water partition coefficient (Wildman–Crippen LogP) is 1.61. The van der Waals surface area contributed by atoms with Crippen molar-refractivity contribution in [3.05, 3.63) is 18.6 Å². The van der Waals surface area contributed by atoms with Gasteiger partial charge in [-0.15, -0.1) is 0 Å². The Morgan fingerprint density at radius 2 is 2.20 bits per heavy atom. The summed E-state index contributed by atoms with van der Waals surface area (Å²) < 4.78 is 0. The first-order valence-electron chi connectivity index (χ1n) is 4.21. The van der Waals surface area contributed by atoms with E-state index < -0.39 is 0 Å². The van der Waals surface area contributed by atoms with E-state index in [-0.39, 0.29) is 0 Å². The number of piperidine rings is 1. The molecule has 1 fully saturated rings. The van der Waals surface area contributed by atoms with Crippen LogP contribution in [0.15, 0.2) is 12.2 Å². The molecule has 10 heavy (non-hydrogen) atoms. The molecule has 1 unspecified atom stereocenters. The summed E-state index contributed by atoms with van der Waals surface area (Å²) in [6.07, 6.45) is 11.0. The number of hydrogen-bond acceptors (Lipinski definition) is 1. The Morgan fingerprint density at radius 1 is 1.20 bits per heavy atom. The van der Waals surface area contributed by atoms with Crippen molar-refractivity contribution in [3.8, 4) is 0 Å². The molecular weight excluding hydrogens is 122 g/mol. The molecular formula is C9H14N. The molecule has 1 heteroatoms. The Morgan fingerprint density at radius 3 is 3.10 bits per heavy atom. The lowest BCUT2D eigenvalue weighted by Crippen LogP contribution is -2.40. The number of hydrogen-bond donors (Lipinski definition) is 0. The molecule has 0 aromatic rings. The molecule has 55 valence electrons. The first-order chi connectivity index (χ1) is 4.97. The monoisotopic (exact) mass is 136 g/mol. The van der Waals surface area contributed by atoms with Gasteiger partial charge in [0.05, 0.1) is 0 Å². The second-order valence-electron chi connectivity index (χ2n) is 3.12. The lowest BCUT2D eigenvalue weighted by molar-refractivity contribution is 0.212. The fraction of sp³-hybridized carbons (Fsp3) is 0.667. The van der Waals surface area contributed by atoms with Crippen LogP contribution < -0.4 is 0 Å². The smallest absolute Gasteiger partial charge is 0.0309 e. The van der Waals surface area contributed by atoms with Gasteiger partial charge in [0.25, 0.3) is 0 Å². The molecule has 0 aromatic carbocycles. The van der Waals surface area contributed by atoms with Crippen LogP contribution in [-0.2, 0) is 0 Å². The zero-order chi connectivity index (χ0) is 6.81. The van der Waals surface area contributed by atoms with Gasteiger partial charge in [-0.05, 0) is 32.2 Å². The van der Waals surface area contributed by atoms with Crippen LogP contribution in [0.25, 0.3) is 0 Å². The molecule has 1 saturated heterocycles. The number of nitrogens with zero attached hydrogens (tertiary/aromatic N) is 1. The molecule has 0 spiro atoms. The molecule has 0 N–H and O–H groups in total. The maximum Gasteiger partial charge on any atom is 0.0309 e. The first-order valence-corrected chi connectivity index (χ1v) is 4.21. The Bertz CT molecular complexity index is 140. The lowest BCUT2D eigenvalue weighted by Gasteiger charge is -2.35. The van der Waals surface area contributed by atoms with Gasteiger partial charge >= 0.3 is 0 Å². The number of fused-ring (bicyclic) bond motifs is 1. The largest absolute Gasteiger partial charge is 0.296 e. The minimum absolute atomic E-state index is 0.683. The molecule has 0 aliphatic carbocycles. The van der Waals surface area contributed by atoms with Crippen molar-refractivity contribution in [2.24, 2.45) is 0 Å². The molecule has 2 heterocycles. The second kappa shape index (κ2) is 2.75. The van der Waals surface area contributed by atoms with Crippen LogP contribution in [0.4, 0.5) is 0 Å². The van der Waals surface area contributed by atoms with Gasteiger partial charge in [0.2, 0.25) is 0 Å². The van der Waals surface area contributed by atoms with Gasteiger partial charge < -0.3 is 0 Å². The van der Waals surface area contributed by atoms with Crippen molar-refractivity contribution in [2.75, 3.05) is 13.1 Å². The van der Waals surface area contributed by atoms with E-state index in [4.69, 9.17) is 0 Å². The van der Waals surface area contributed by atoms with Crippen LogP contribution >= 0.6 is 0 Å². The van der Waals surface area contributed by atoms with Gasteiger partial charge in [-0.2, -0.15) is 0 Å². The van der Waals surface area contributed by atoms with Crippen molar-refractivity contribution in [3.63, 3.8) is 0 Å². The third-order valence-corrected chi connectivity index (χ3v) is 2.40. The molecule has 1 nitrogen and oxygen atoms in total. The van der Waals surface area contributed by atoms with Crippen LogP contribution in [-0.4, -0.2) is 24.0 Å². The van der Waals surface area contributed by atoms with Crippen molar-refractivity contribution in [1.29, 1.82) is 0 Å². The summed E-state index contributed by atoms with van der Waals surface area (Å²) in [5, 5.41) is 0. The SMILES string of the molecule is [CH]1CCCN2CCC=CC12. The Balaban J connectivity index is 2.03. The zero-order valence-electron chi connectivity index (χ0n) is 6.29. The van der Waals surface area contributed by atoms with Gasteiger partial charge in [-0.3, -0.25) is 4.90 Å². The molecule has 0 amide bonds. The second-order valence-corrected chi connectivity index (χ2v) is 3.12. The van der Waals surface area contributed by atoms with Crippen LogP contribution in [0.3, 0.4) is 0 Å². The molecule has 2 rings (SSSR count). The number of rotatable bonds is 0. The van der Waals surface area contributed by atoms with Crippen molar-refractivity contribution in [2.45, 2.75) is 25.3 Å². The molecule has 0 aromatic heterocycles. The van der Waals surface area contributed by atoms with Gasteiger partial charge in [-0.25, -0.2) is 0 Å². The van der Waals surface area contributed by atoms with Gasteiger partial charge in [0.1, 0.15) is 0 Å². The summed E-state index contributed by atoms with van der Waals surface area (Å²) >= 11 is 0. The van der Waals surface area contributed by atoms with Gasteiger partial charge in [-0.1, -0.05) is 12.2 Å². The van der Waals surface area contributed by atoms with E-state index in [0.717, 1.165) is 0 Å². The van der Waals surface area contributed by atoms with Gasteiger partial charge in [0.15, 0.2) is 0 Å². The van der Waals surface area contributed by atoms with E-state index in [0.29, 0.717) is 6.04 Å². The van der Waals surface area contributed by atoms with Crippen molar-refractivity contribution >= 4 is 0 Å². The minimum Gasteiger partial charge on any atom is -0.296 e. The fourth-order valence-electron chi connectivity index (χ4n) is 1.82. The Hall–Kier alpha value is -0.300. The van der Waals surface area contributed by atoms with Crippen LogP contribution in [0.5, 0.6) is 0 Å². The average molecular weight is 136 g/mol. The molecule has 1 atom stereocenters. The highest BCUT2D eigenvalue weighted by atomic mass is 15.2. The summed E-state index contributed by atoms with van der Waals surface area (Å²) in [4.78, 5) is 2.56. The average Bonchev–Trinajstić information content (AvgIpc) is 2.05. The van der Waals surface area contributed by atoms with Crippen LogP contribution in [0.1, 0.15) is 19.3 Å². The van der Waals surface area contributed by atoms with Gasteiger partial charge in [0, 0.05) is 12.6 Å². The standard InChI is InChI=1S/C9H14N/c1-3-7-10-8-4-2-6-9(10)5-1/h1,5-6,9H,2-4,7-8H2. The summed E-state index contributed by atoms with van der Waals surface area (Å²) in [7, 11) is 0. The van der Waals surface area contributed by atoms with E-state index >= 15 is 0 Å². The highest BCUT2D eigenvalue weighted by Crippen LogP contribution is 2.20. The first kappa shape index (κ1) is 6.41. The minimum atomic E-state index is 0.683. The zero-order valence-corrected chi connectivity index (χ0v) is 6.29. The predicted molar refractivity (Wildman–Crippen MR) is 42.7 cm³/mol. The highest BCUT2D eigenvalue weighted by molar-refractivity contribution is 5.07. The van der Waals surface area contributed by atoms with Crippen molar-refractivity contribution in [1.82, 2.24) is 4.90 Å². The van der Waals surface area contributed by atoms with Crippen LogP contribution in [0, 0.1) is 6.42 Å². The summed E-state index contributed by atoms with van der Waals surface area (Å²) in [5.41, 5.74) is 0. The normalized spacial score (nSPS) is 33.8. The lowest BCUT2D eigenvalue weighted by atomic mass is 9.99. The quantitative estimate of drug-likeness (QED) is 0.457. The van der Waals surface area contributed by atoms with E-state index in [1.807, 2.05) is 0 Å². The topological polar surface area (TPSA) is 3.24 Å². The molecule has 0 saturated carbocycles. The van der Waals surface area contributed by atoms with E-state index in [9.17, 15) is 0 Å². The maximum atomic E-state index is 2.56. The Kier molecular flexibility index (Phi) is 1.76. The highest BCUT2D eigenvalue weighted by Gasteiger charge is 2.21. The Labute approximate surface area is 62.7 Å². The van der Waals surface area contributed by atoms with E-state index in [2.05, 4.69) is 23.5 Å². The van der Waals surface area contributed by atoms with E-state index in [1.165, 1.54) is 32.4 Å².